The quantitative estimate of drug-likeness (QED) is 0.825. The summed E-state index contributed by atoms with van der Waals surface area (Å²) in [5.74, 6) is 1.01. The van der Waals surface area contributed by atoms with E-state index in [1.807, 2.05) is 23.9 Å². The molecule has 2 heterocycles. The molecule has 1 unspecified atom stereocenters. The van der Waals surface area contributed by atoms with E-state index in [0.29, 0.717) is 18.3 Å². The molecule has 0 radical (unpaired) electrons. The molecule has 2 saturated heterocycles. The molecular formula is C18H26N2O3S. The van der Waals surface area contributed by atoms with Gasteiger partial charge in [-0.05, 0) is 30.5 Å². The SMILES string of the molecule is O=C(CC1COCCN1)Nc1cccc(CSC2CCOCC2)c1. The lowest BCUT2D eigenvalue weighted by molar-refractivity contribution is -0.117. The highest BCUT2D eigenvalue weighted by Gasteiger charge is 2.17. The van der Waals surface area contributed by atoms with E-state index < -0.39 is 0 Å². The average molecular weight is 350 g/mol. The van der Waals surface area contributed by atoms with Gasteiger partial charge in [-0.25, -0.2) is 0 Å². The molecule has 0 bridgehead atoms. The molecule has 1 amide bonds. The van der Waals surface area contributed by atoms with Crippen molar-refractivity contribution in [2.24, 2.45) is 0 Å². The number of amides is 1. The van der Waals surface area contributed by atoms with Gasteiger partial charge >= 0.3 is 0 Å². The fraction of sp³-hybridized carbons (Fsp3) is 0.611. The molecule has 2 aliphatic heterocycles. The van der Waals surface area contributed by atoms with Gasteiger partial charge in [0.1, 0.15) is 0 Å². The number of anilines is 1. The van der Waals surface area contributed by atoms with E-state index in [1.54, 1.807) is 0 Å². The van der Waals surface area contributed by atoms with Crippen molar-refractivity contribution in [1.29, 1.82) is 0 Å². The summed E-state index contributed by atoms with van der Waals surface area (Å²) >= 11 is 1.99. The van der Waals surface area contributed by atoms with Gasteiger partial charge in [0.15, 0.2) is 0 Å². The first-order chi connectivity index (χ1) is 11.8. The topological polar surface area (TPSA) is 59.6 Å². The van der Waals surface area contributed by atoms with Gasteiger partial charge in [0.05, 0.1) is 13.2 Å². The van der Waals surface area contributed by atoms with Crippen LogP contribution in [0.2, 0.25) is 0 Å². The van der Waals surface area contributed by atoms with Crippen LogP contribution < -0.4 is 10.6 Å². The van der Waals surface area contributed by atoms with Crippen LogP contribution in [-0.4, -0.2) is 50.2 Å². The van der Waals surface area contributed by atoms with Crippen LogP contribution in [0.5, 0.6) is 0 Å². The van der Waals surface area contributed by atoms with Gasteiger partial charge in [0.2, 0.25) is 5.91 Å². The summed E-state index contributed by atoms with van der Waals surface area (Å²) in [6, 6.07) is 8.28. The van der Waals surface area contributed by atoms with Crippen LogP contribution in [0.1, 0.15) is 24.8 Å². The van der Waals surface area contributed by atoms with Crippen molar-refractivity contribution in [3.05, 3.63) is 29.8 Å². The van der Waals surface area contributed by atoms with E-state index in [1.165, 1.54) is 5.56 Å². The number of ether oxygens (including phenoxy) is 2. The van der Waals surface area contributed by atoms with E-state index in [2.05, 4.69) is 22.8 Å². The number of morpholine rings is 1. The number of hydrogen-bond donors (Lipinski definition) is 2. The summed E-state index contributed by atoms with van der Waals surface area (Å²) in [5, 5.41) is 7.00. The molecule has 2 aliphatic rings. The Labute approximate surface area is 147 Å². The lowest BCUT2D eigenvalue weighted by Crippen LogP contribution is -2.43. The number of hydrogen-bond acceptors (Lipinski definition) is 5. The Balaban J connectivity index is 1.46. The lowest BCUT2D eigenvalue weighted by atomic mass is 10.1. The van der Waals surface area contributed by atoms with Crippen LogP contribution in [0.3, 0.4) is 0 Å². The highest BCUT2D eigenvalue weighted by atomic mass is 32.2. The molecule has 0 spiro atoms. The summed E-state index contributed by atoms with van der Waals surface area (Å²) in [7, 11) is 0. The number of carbonyl (C=O) groups is 1. The van der Waals surface area contributed by atoms with Crippen LogP contribution >= 0.6 is 11.8 Å². The molecule has 24 heavy (non-hydrogen) atoms. The third kappa shape index (κ3) is 5.77. The smallest absolute Gasteiger partial charge is 0.226 e. The molecule has 1 aromatic carbocycles. The lowest BCUT2D eigenvalue weighted by Gasteiger charge is -2.23. The molecule has 6 heteroatoms. The Hall–Kier alpha value is -1.08. The predicted molar refractivity (Wildman–Crippen MR) is 97.4 cm³/mol. The van der Waals surface area contributed by atoms with Gasteiger partial charge in [-0.2, -0.15) is 11.8 Å². The van der Waals surface area contributed by atoms with Gasteiger partial charge < -0.3 is 20.1 Å². The van der Waals surface area contributed by atoms with Gasteiger partial charge in [0.25, 0.3) is 0 Å². The number of nitrogens with one attached hydrogen (secondary N) is 2. The first-order valence-electron chi connectivity index (χ1n) is 8.69. The van der Waals surface area contributed by atoms with Crippen molar-refractivity contribution in [2.75, 3.05) is 38.3 Å². The van der Waals surface area contributed by atoms with Gasteiger partial charge in [-0.1, -0.05) is 12.1 Å². The molecular weight excluding hydrogens is 324 g/mol. The standard InChI is InChI=1S/C18H26N2O3S/c21-18(11-16-12-23-9-6-19-16)20-15-3-1-2-14(10-15)13-24-17-4-7-22-8-5-17/h1-3,10,16-17,19H,4-9,11-13H2,(H,20,21). The highest BCUT2D eigenvalue weighted by molar-refractivity contribution is 7.99. The van der Waals surface area contributed by atoms with Gasteiger partial charge in [0, 0.05) is 48.9 Å². The van der Waals surface area contributed by atoms with E-state index in [0.717, 1.165) is 50.6 Å². The maximum absolute atomic E-state index is 12.2. The number of thioether (sulfide) groups is 1. The molecule has 132 valence electrons. The second-order valence-electron chi connectivity index (χ2n) is 6.30. The first kappa shape index (κ1) is 17.7. The second-order valence-corrected chi connectivity index (χ2v) is 7.59. The monoisotopic (exact) mass is 350 g/mol. The third-order valence-corrected chi connectivity index (χ3v) is 5.74. The Morgan fingerprint density at radius 2 is 2.12 bits per heavy atom. The van der Waals surface area contributed by atoms with Crippen LogP contribution in [0.4, 0.5) is 5.69 Å². The fourth-order valence-electron chi connectivity index (χ4n) is 2.98. The van der Waals surface area contributed by atoms with E-state index in [-0.39, 0.29) is 11.9 Å². The van der Waals surface area contributed by atoms with E-state index in [9.17, 15) is 4.79 Å². The molecule has 1 aromatic rings. The molecule has 2 N–H and O–H groups in total. The van der Waals surface area contributed by atoms with Crippen molar-refractivity contribution in [3.8, 4) is 0 Å². The van der Waals surface area contributed by atoms with Crippen molar-refractivity contribution in [3.63, 3.8) is 0 Å². The largest absolute Gasteiger partial charge is 0.381 e. The summed E-state index contributed by atoms with van der Waals surface area (Å²) in [4.78, 5) is 12.2. The Morgan fingerprint density at radius 3 is 2.92 bits per heavy atom. The van der Waals surface area contributed by atoms with Crippen molar-refractivity contribution in [1.82, 2.24) is 5.32 Å². The minimum atomic E-state index is 0.0345. The first-order valence-corrected chi connectivity index (χ1v) is 9.74. The zero-order valence-corrected chi connectivity index (χ0v) is 14.8. The third-order valence-electron chi connectivity index (χ3n) is 4.30. The minimum absolute atomic E-state index is 0.0345. The Morgan fingerprint density at radius 1 is 1.25 bits per heavy atom. The molecule has 2 fully saturated rings. The Bertz CT molecular complexity index is 529. The maximum atomic E-state index is 12.2. The maximum Gasteiger partial charge on any atom is 0.226 e. The summed E-state index contributed by atoms with van der Waals surface area (Å²) in [6.45, 7) is 3.91. The van der Waals surface area contributed by atoms with Crippen LogP contribution in [0.15, 0.2) is 24.3 Å². The second kappa shape index (κ2) is 9.42. The van der Waals surface area contributed by atoms with Crippen LogP contribution in [-0.2, 0) is 20.0 Å². The zero-order valence-electron chi connectivity index (χ0n) is 14.0. The normalized spacial score (nSPS) is 22.2. The zero-order chi connectivity index (χ0) is 16.6. The molecule has 0 saturated carbocycles. The molecule has 1 atom stereocenters. The van der Waals surface area contributed by atoms with Crippen molar-refractivity contribution >= 4 is 23.4 Å². The Kier molecular flexibility index (Phi) is 6.96. The molecule has 0 aliphatic carbocycles. The van der Waals surface area contributed by atoms with E-state index >= 15 is 0 Å². The predicted octanol–water partition coefficient (Wildman–Crippen LogP) is 2.42. The molecule has 5 nitrogen and oxygen atoms in total. The van der Waals surface area contributed by atoms with Crippen molar-refractivity contribution < 1.29 is 14.3 Å². The minimum Gasteiger partial charge on any atom is -0.381 e. The van der Waals surface area contributed by atoms with Crippen LogP contribution in [0.25, 0.3) is 0 Å². The summed E-state index contributed by atoms with van der Waals surface area (Å²) < 4.78 is 10.8. The number of rotatable bonds is 6. The molecule has 0 aromatic heterocycles. The van der Waals surface area contributed by atoms with Gasteiger partial charge in [-0.15, -0.1) is 0 Å². The van der Waals surface area contributed by atoms with Crippen molar-refractivity contribution in [2.45, 2.75) is 36.3 Å². The number of carbonyl (C=O) groups excluding carboxylic acids is 1. The van der Waals surface area contributed by atoms with Gasteiger partial charge in [-0.3, -0.25) is 4.79 Å². The average Bonchev–Trinajstić information content (AvgIpc) is 2.62. The van der Waals surface area contributed by atoms with E-state index in [4.69, 9.17) is 9.47 Å². The summed E-state index contributed by atoms with van der Waals surface area (Å²) in [6.07, 6.45) is 2.72. The molecule has 3 rings (SSSR count). The fourth-order valence-corrected chi connectivity index (χ4v) is 4.12. The highest BCUT2D eigenvalue weighted by Crippen LogP contribution is 2.26. The summed E-state index contributed by atoms with van der Waals surface area (Å²) in [5.41, 5.74) is 2.13. The number of benzene rings is 1. The van der Waals surface area contributed by atoms with Crippen LogP contribution in [0, 0.1) is 0 Å².